The summed E-state index contributed by atoms with van der Waals surface area (Å²) in [5, 5.41) is 3.42. The third-order valence-corrected chi connectivity index (χ3v) is 8.38. The lowest BCUT2D eigenvalue weighted by atomic mass is 9.81. The lowest BCUT2D eigenvalue weighted by molar-refractivity contribution is -0.953. The van der Waals surface area contributed by atoms with Gasteiger partial charge in [-0.3, -0.25) is 9.59 Å². The van der Waals surface area contributed by atoms with E-state index in [0.29, 0.717) is 30.6 Å². The van der Waals surface area contributed by atoms with Gasteiger partial charge >= 0.3 is 0 Å². The number of hydrogen-bond acceptors (Lipinski definition) is 2. The largest absolute Gasteiger partial charge is 0.353 e. The van der Waals surface area contributed by atoms with Crippen LogP contribution < -0.4 is 15.1 Å². The summed E-state index contributed by atoms with van der Waals surface area (Å²) in [5.41, 5.74) is 2.43. The molecule has 4 atom stereocenters. The minimum atomic E-state index is 0.236. The van der Waals surface area contributed by atoms with E-state index < -0.39 is 0 Å². The molecule has 4 aliphatic rings. The van der Waals surface area contributed by atoms with E-state index in [1.807, 2.05) is 11.0 Å². The fourth-order valence-corrected chi connectivity index (χ4v) is 6.79. The molecule has 0 spiro atoms. The minimum Gasteiger partial charge on any atom is -0.353 e. The van der Waals surface area contributed by atoms with Gasteiger partial charge in [0.15, 0.2) is 6.54 Å². The van der Waals surface area contributed by atoms with Crippen LogP contribution in [0, 0.1) is 5.92 Å². The second kappa shape index (κ2) is 9.32. The first-order valence-electron chi connectivity index (χ1n) is 12.7. The molecule has 5 heteroatoms. The standard InChI is InChI=1S/C26H37N3O2/c30-25(28-15-7-11-19-8-4-5-14-24(19)28)18-29-22-12-6-13-23(29)17-21(16-22)27-26(31)20-9-2-1-3-10-20/h4-5,8,14,20-23H,1-3,6-7,9-13,15-18H2,(H,27,31)/p+1/t21?,22-,23+. The third-order valence-electron chi connectivity index (χ3n) is 8.38. The van der Waals surface area contributed by atoms with E-state index in [0.717, 1.165) is 50.8 Å². The van der Waals surface area contributed by atoms with Crippen molar-refractivity contribution in [2.24, 2.45) is 5.92 Å². The van der Waals surface area contributed by atoms with E-state index >= 15 is 0 Å². The van der Waals surface area contributed by atoms with Gasteiger partial charge in [0.1, 0.15) is 0 Å². The molecule has 1 aliphatic carbocycles. The predicted octanol–water partition coefficient (Wildman–Crippen LogP) is 2.63. The number of rotatable bonds is 4. The van der Waals surface area contributed by atoms with E-state index in [9.17, 15) is 9.59 Å². The van der Waals surface area contributed by atoms with Crippen molar-refractivity contribution in [3.05, 3.63) is 29.8 Å². The number of para-hydroxylation sites is 1. The smallest absolute Gasteiger partial charge is 0.282 e. The van der Waals surface area contributed by atoms with Crippen molar-refractivity contribution in [2.45, 2.75) is 95.2 Å². The molecular weight excluding hydrogens is 386 g/mol. The summed E-state index contributed by atoms with van der Waals surface area (Å²) in [6.07, 6.45) is 13.7. The number of carbonyl (C=O) groups excluding carboxylic acids is 2. The van der Waals surface area contributed by atoms with E-state index in [-0.39, 0.29) is 11.8 Å². The van der Waals surface area contributed by atoms with Crippen molar-refractivity contribution >= 4 is 17.5 Å². The van der Waals surface area contributed by atoms with E-state index in [1.165, 1.54) is 49.0 Å². The topological polar surface area (TPSA) is 53.9 Å². The third kappa shape index (κ3) is 4.52. The number of anilines is 1. The second-order valence-corrected chi connectivity index (χ2v) is 10.4. The first-order valence-corrected chi connectivity index (χ1v) is 12.7. The zero-order valence-corrected chi connectivity index (χ0v) is 18.8. The Morgan fingerprint density at radius 2 is 1.68 bits per heavy atom. The molecule has 1 aromatic carbocycles. The van der Waals surface area contributed by atoms with Crippen LogP contribution in [0.1, 0.15) is 76.2 Å². The molecular formula is C26H38N3O2+. The van der Waals surface area contributed by atoms with Gasteiger partial charge in [-0.15, -0.1) is 0 Å². The predicted molar refractivity (Wildman–Crippen MR) is 122 cm³/mol. The highest BCUT2D eigenvalue weighted by Gasteiger charge is 2.44. The average Bonchev–Trinajstić information content (AvgIpc) is 2.79. The number of nitrogens with one attached hydrogen (secondary N) is 2. The van der Waals surface area contributed by atoms with Gasteiger partial charge in [-0.25, -0.2) is 0 Å². The van der Waals surface area contributed by atoms with Gasteiger partial charge in [0, 0.05) is 37.0 Å². The van der Waals surface area contributed by atoms with Crippen molar-refractivity contribution < 1.29 is 14.5 Å². The number of piperidine rings is 2. The van der Waals surface area contributed by atoms with Gasteiger partial charge in [0.05, 0.1) is 12.1 Å². The summed E-state index contributed by atoms with van der Waals surface area (Å²) < 4.78 is 0. The van der Waals surface area contributed by atoms with Gasteiger partial charge < -0.3 is 15.1 Å². The first-order chi connectivity index (χ1) is 15.2. The van der Waals surface area contributed by atoms with Gasteiger partial charge in [0.2, 0.25) is 5.91 Å². The summed E-state index contributed by atoms with van der Waals surface area (Å²) >= 11 is 0. The molecule has 2 saturated heterocycles. The number of aryl methyl sites for hydroxylation is 1. The number of benzene rings is 1. The van der Waals surface area contributed by atoms with Crippen LogP contribution in [0.15, 0.2) is 24.3 Å². The zero-order chi connectivity index (χ0) is 21.2. The average molecular weight is 425 g/mol. The van der Waals surface area contributed by atoms with Crippen molar-refractivity contribution in [1.82, 2.24) is 5.32 Å². The molecule has 31 heavy (non-hydrogen) atoms. The fraction of sp³-hybridized carbons (Fsp3) is 0.692. The number of fused-ring (bicyclic) bond motifs is 3. The number of nitrogens with zero attached hydrogens (tertiary/aromatic N) is 1. The highest BCUT2D eigenvalue weighted by Crippen LogP contribution is 2.28. The Labute approximate surface area is 186 Å². The summed E-state index contributed by atoms with van der Waals surface area (Å²) in [6.45, 7) is 1.45. The maximum atomic E-state index is 13.4. The van der Waals surface area contributed by atoms with Crippen LogP contribution in [0.2, 0.25) is 0 Å². The zero-order valence-electron chi connectivity index (χ0n) is 18.8. The summed E-state index contributed by atoms with van der Waals surface area (Å²) in [4.78, 5) is 29.7. The molecule has 1 saturated carbocycles. The van der Waals surface area contributed by atoms with Crippen molar-refractivity contribution in [3.8, 4) is 0 Å². The molecule has 5 nitrogen and oxygen atoms in total. The second-order valence-electron chi connectivity index (χ2n) is 10.4. The molecule has 3 heterocycles. The maximum absolute atomic E-state index is 13.4. The number of hydrogen-bond donors (Lipinski definition) is 2. The molecule has 5 rings (SSSR count). The molecule has 0 radical (unpaired) electrons. The van der Waals surface area contributed by atoms with E-state index in [4.69, 9.17) is 0 Å². The maximum Gasteiger partial charge on any atom is 0.282 e. The summed E-state index contributed by atoms with van der Waals surface area (Å²) in [5.74, 6) is 0.815. The Bertz CT molecular complexity index is 790. The molecule has 2 amide bonds. The van der Waals surface area contributed by atoms with Crippen LogP contribution in [0.3, 0.4) is 0 Å². The number of quaternary nitrogens is 1. The van der Waals surface area contributed by atoms with Crippen LogP contribution >= 0.6 is 0 Å². The van der Waals surface area contributed by atoms with Crippen molar-refractivity contribution in [1.29, 1.82) is 0 Å². The van der Waals surface area contributed by atoms with Crippen LogP contribution in [-0.2, 0) is 16.0 Å². The molecule has 2 unspecified atom stereocenters. The minimum absolute atomic E-state index is 0.236. The number of amides is 2. The van der Waals surface area contributed by atoms with Gasteiger partial charge in [-0.2, -0.15) is 0 Å². The Kier molecular flexibility index (Phi) is 6.31. The SMILES string of the molecule is O=C(NC1C[C@H]2CCC[C@@H](C1)[NH+]2CC(=O)N1CCCc2ccccc21)C1CCCCC1. The molecule has 168 valence electrons. The van der Waals surface area contributed by atoms with Gasteiger partial charge in [0.25, 0.3) is 5.91 Å². The summed E-state index contributed by atoms with van der Waals surface area (Å²) in [6, 6.07) is 9.72. The first kappa shape index (κ1) is 21.0. The molecule has 3 aliphatic heterocycles. The van der Waals surface area contributed by atoms with Crippen LogP contribution in [0.4, 0.5) is 5.69 Å². The highest BCUT2D eigenvalue weighted by atomic mass is 16.2. The monoisotopic (exact) mass is 424 g/mol. The van der Waals surface area contributed by atoms with Crippen LogP contribution in [0.5, 0.6) is 0 Å². The number of carbonyl (C=O) groups is 2. The Hall–Kier alpha value is -1.88. The van der Waals surface area contributed by atoms with Crippen molar-refractivity contribution in [2.75, 3.05) is 18.0 Å². The lowest BCUT2D eigenvalue weighted by Crippen LogP contribution is -3.22. The van der Waals surface area contributed by atoms with E-state index in [1.54, 1.807) is 0 Å². The normalized spacial score (nSPS) is 31.0. The van der Waals surface area contributed by atoms with E-state index in [2.05, 4.69) is 23.5 Å². The Morgan fingerprint density at radius 1 is 0.935 bits per heavy atom. The fourth-order valence-electron chi connectivity index (χ4n) is 6.79. The Balaban J connectivity index is 1.22. The van der Waals surface area contributed by atoms with Gasteiger partial charge in [-0.1, -0.05) is 37.5 Å². The molecule has 3 fully saturated rings. The van der Waals surface area contributed by atoms with Crippen molar-refractivity contribution in [3.63, 3.8) is 0 Å². The lowest BCUT2D eigenvalue weighted by Gasteiger charge is -2.46. The molecule has 1 aromatic rings. The molecule has 2 bridgehead atoms. The highest BCUT2D eigenvalue weighted by molar-refractivity contribution is 5.95. The Morgan fingerprint density at radius 3 is 2.45 bits per heavy atom. The van der Waals surface area contributed by atoms with Crippen LogP contribution in [0.25, 0.3) is 0 Å². The molecule has 0 aromatic heterocycles. The quantitative estimate of drug-likeness (QED) is 0.781. The summed E-state index contributed by atoms with van der Waals surface area (Å²) in [7, 11) is 0. The van der Waals surface area contributed by atoms with Gasteiger partial charge in [-0.05, 0) is 56.6 Å². The van der Waals surface area contributed by atoms with Crippen LogP contribution in [-0.4, -0.2) is 43.0 Å². The molecule has 2 N–H and O–H groups in total.